The van der Waals surface area contributed by atoms with Gasteiger partial charge in [0.25, 0.3) is 0 Å². The van der Waals surface area contributed by atoms with E-state index < -0.39 is 0 Å². The van der Waals surface area contributed by atoms with E-state index in [4.69, 9.17) is 0 Å². The molecule has 1 aromatic rings. The lowest BCUT2D eigenvalue weighted by Gasteiger charge is -2.29. The lowest BCUT2D eigenvalue weighted by atomic mass is 9.77. The number of hydrogen-bond acceptors (Lipinski definition) is 1. The van der Waals surface area contributed by atoms with Crippen molar-refractivity contribution in [2.75, 3.05) is 13.1 Å². The summed E-state index contributed by atoms with van der Waals surface area (Å²) in [6, 6.07) is 7.05. The molecule has 0 aliphatic carbocycles. The van der Waals surface area contributed by atoms with Crippen LogP contribution in [-0.4, -0.2) is 13.1 Å². The number of benzene rings is 1. The van der Waals surface area contributed by atoms with Crippen LogP contribution >= 0.6 is 0 Å². The molecule has 0 radical (unpaired) electrons. The highest BCUT2D eigenvalue weighted by atomic mass is 14.9. The molecule has 1 nitrogen and oxygen atoms in total. The summed E-state index contributed by atoms with van der Waals surface area (Å²) in [5, 5.41) is 3.58. The van der Waals surface area contributed by atoms with Crippen molar-refractivity contribution >= 4 is 0 Å². The Morgan fingerprint density at radius 2 is 1.80 bits per heavy atom. The fourth-order valence-corrected chi connectivity index (χ4v) is 2.71. The summed E-state index contributed by atoms with van der Waals surface area (Å²) in [5.41, 5.74) is 4.77. The van der Waals surface area contributed by atoms with Gasteiger partial charge in [0.15, 0.2) is 0 Å². The Balaban J connectivity index is 2.79. The van der Waals surface area contributed by atoms with Crippen LogP contribution in [0.4, 0.5) is 0 Å². The van der Waals surface area contributed by atoms with Crippen LogP contribution in [0, 0.1) is 5.92 Å². The summed E-state index contributed by atoms with van der Waals surface area (Å²) in [4.78, 5) is 0. The number of rotatable bonds is 8. The van der Waals surface area contributed by atoms with Crippen molar-refractivity contribution in [2.24, 2.45) is 5.92 Å². The predicted molar refractivity (Wildman–Crippen MR) is 90.5 cm³/mol. The molecule has 0 bridgehead atoms. The van der Waals surface area contributed by atoms with Gasteiger partial charge in [0.1, 0.15) is 0 Å². The molecule has 1 aromatic carbocycles. The Kier molecular flexibility index (Phi) is 6.75. The molecule has 0 saturated heterocycles. The van der Waals surface area contributed by atoms with E-state index in [0.717, 1.165) is 31.8 Å². The summed E-state index contributed by atoms with van der Waals surface area (Å²) in [6.45, 7) is 16.0. The van der Waals surface area contributed by atoms with Gasteiger partial charge in [0.2, 0.25) is 0 Å². The first-order valence-corrected chi connectivity index (χ1v) is 8.23. The molecule has 0 aliphatic rings. The SMILES string of the molecule is CCc1ccc(CC)c(C(C)(C)CCNCC(C)C)c1. The Bertz CT molecular complexity index is 404. The molecule has 20 heavy (non-hydrogen) atoms. The van der Waals surface area contributed by atoms with Crippen LogP contribution in [0.1, 0.15) is 64.7 Å². The third-order valence-electron chi connectivity index (χ3n) is 4.17. The molecular weight excluding hydrogens is 242 g/mol. The maximum Gasteiger partial charge on any atom is -0.00258 e. The molecule has 0 fully saturated rings. The van der Waals surface area contributed by atoms with Gasteiger partial charge in [0.05, 0.1) is 0 Å². The van der Waals surface area contributed by atoms with Crippen molar-refractivity contribution < 1.29 is 0 Å². The maximum atomic E-state index is 3.58. The Hall–Kier alpha value is -0.820. The van der Waals surface area contributed by atoms with E-state index in [9.17, 15) is 0 Å². The average molecular weight is 275 g/mol. The van der Waals surface area contributed by atoms with Crippen LogP contribution in [-0.2, 0) is 18.3 Å². The predicted octanol–water partition coefficient (Wildman–Crippen LogP) is 4.72. The van der Waals surface area contributed by atoms with E-state index in [0.29, 0.717) is 0 Å². The highest BCUT2D eigenvalue weighted by Gasteiger charge is 2.23. The van der Waals surface area contributed by atoms with E-state index >= 15 is 0 Å². The van der Waals surface area contributed by atoms with Crippen LogP contribution in [0.5, 0.6) is 0 Å². The number of hydrogen-bond donors (Lipinski definition) is 1. The molecule has 0 atom stereocenters. The van der Waals surface area contributed by atoms with E-state index in [1.54, 1.807) is 5.56 Å². The van der Waals surface area contributed by atoms with Gasteiger partial charge in [-0.15, -0.1) is 0 Å². The molecule has 1 rings (SSSR count). The minimum atomic E-state index is 0.250. The average Bonchev–Trinajstić information content (AvgIpc) is 2.42. The fraction of sp³-hybridized carbons (Fsp3) is 0.684. The monoisotopic (exact) mass is 275 g/mol. The van der Waals surface area contributed by atoms with Crippen LogP contribution in [0.25, 0.3) is 0 Å². The highest BCUT2D eigenvalue weighted by molar-refractivity contribution is 5.37. The molecule has 114 valence electrons. The van der Waals surface area contributed by atoms with Crippen molar-refractivity contribution in [3.63, 3.8) is 0 Å². The molecule has 0 unspecified atom stereocenters. The molecule has 0 amide bonds. The molecule has 1 N–H and O–H groups in total. The zero-order valence-corrected chi connectivity index (χ0v) is 14.3. The molecular formula is C19H33N. The van der Waals surface area contributed by atoms with Gasteiger partial charge < -0.3 is 5.32 Å². The quantitative estimate of drug-likeness (QED) is 0.677. The van der Waals surface area contributed by atoms with E-state index in [2.05, 4.69) is 65.1 Å². The van der Waals surface area contributed by atoms with Gasteiger partial charge in [0, 0.05) is 0 Å². The molecule has 1 heteroatoms. The highest BCUT2D eigenvalue weighted by Crippen LogP contribution is 2.31. The molecule has 0 saturated carbocycles. The van der Waals surface area contributed by atoms with Crippen LogP contribution in [0.3, 0.4) is 0 Å². The zero-order valence-electron chi connectivity index (χ0n) is 14.3. The number of nitrogens with one attached hydrogen (secondary N) is 1. The second-order valence-corrected chi connectivity index (χ2v) is 6.93. The topological polar surface area (TPSA) is 12.0 Å². The summed E-state index contributed by atoms with van der Waals surface area (Å²) < 4.78 is 0. The van der Waals surface area contributed by atoms with Crippen LogP contribution in [0.15, 0.2) is 18.2 Å². The van der Waals surface area contributed by atoms with E-state index in [1.165, 1.54) is 17.5 Å². The molecule has 0 aromatic heterocycles. The fourth-order valence-electron chi connectivity index (χ4n) is 2.71. The zero-order chi connectivity index (χ0) is 15.2. The minimum absolute atomic E-state index is 0.250. The van der Waals surface area contributed by atoms with Gasteiger partial charge in [-0.25, -0.2) is 0 Å². The summed E-state index contributed by atoms with van der Waals surface area (Å²) in [5.74, 6) is 0.729. The van der Waals surface area contributed by atoms with Gasteiger partial charge in [-0.2, -0.15) is 0 Å². The number of aryl methyl sites for hydroxylation is 2. The van der Waals surface area contributed by atoms with Crippen molar-refractivity contribution in [1.29, 1.82) is 0 Å². The largest absolute Gasteiger partial charge is 0.316 e. The molecule has 0 aliphatic heterocycles. The van der Waals surface area contributed by atoms with Gasteiger partial charge in [-0.05, 0) is 60.4 Å². The summed E-state index contributed by atoms with van der Waals surface area (Å²) >= 11 is 0. The standard InChI is InChI=1S/C19H33N/c1-7-16-9-10-17(8-2)18(13-16)19(5,6)11-12-20-14-15(3)4/h9-10,13,15,20H,7-8,11-12,14H2,1-6H3. The lowest BCUT2D eigenvalue weighted by Crippen LogP contribution is -2.28. The van der Waals surface area contributed by atoms with E-state index in [1.807, 2.05) is 0 Å². The van der Waals surface area contributed by atoms with Crippen LogP contribution in [0.2, 0.25) is 0 Å². The Morgan fingerprint density at radius 1 is 1.10 bits per heavy atom. The second-order valence-electron chi connectivity index (χ2n) is 6.93. The first-order valence-electron chi connectivity index (χ1n) is 8.23. The molecule has 0 heterocycles. The summed E-state index contributed by atoms with van der Waals surface area (Å²) in [7, 11) is 0. The normalized spacial score (nSPS) is 12.2. The van der Waals surface area contributed by atoms with Crippen molar-refractivity contribution in [1.82, 2.24) is 5.32 Å². The third kappa shape index (κ3) is 4.94. The van der Waals surface area contributed by atoms with Gasteiger partial charge >= 0.3 is 0 Å². The van der Waals surface area contributed by atoms with Crippen LogP contribution < -0.4 is 5.32 Å². The Labute approximate surface area is 126 Å². The third-order valence-corrected chi connectivity index (χ3v) is 4.17. The molecule has 0 spiro atoms. The minimum Gasteiger partial charge on any atom is -0.316 e. The van der Waals surface area contributed by atoms with Gasteiger partial charge in [-0.1, -0.05) is 59.7 Å². The van der Waals surface area contributed by atoms with E-state index in [-0.39, 0.29) is 5.41 Å². The van der Waals surface area contributed by atoms with Crippen molar-refractivity contribution in [3.05, 3.63) is 34.9 Å². The van der Waals surface area contributed by atoms with Gasteiger partial charge in [-0.3, -0.25) is 0 Å². The smallest absolute Gasteiger partial charge is 0.00258 e. The summed E-state index contributed by atoms with van der Waals surface area (Å²) in [6.07, 6.45) is 3.45. The Morgan fingerprint density at radius 3 is 2.35 bits per heavy atom. The first-order chi connectivity index (χ1) is 9.40. The maximum absolute atomic E-state index is 3.58. The van der Waals surface area contributed by atoms with Crippen molar-refractivity contribution in [2.45, 2.75) is 66.2 Å². The van der Waals surface area contributed by atoms with Crippen molar-refractivity contribution in [3.8, 4) is 0 Å². The first kappa shape index (κ1) is 17.2. The second kappa shape index (κ2) is 7.83. The lowest BCUT2D eigenvalue weighted by molar-refractivity contribution is 0.439.